The van der Waals surface area contributed by atoms with Crippen LogP contribution in [0.5, 0.6) is 0 Å². The van der Waals surface area contributed by atoms with Crippen molar-refractivity contribution in [2.45, 2.75) is 39.2 Å². The van der Waals surface area contributed by atoms with Crippen molar-refractivity contribution in [3.63, 3.8) is 0 Å². The van der Waals surface area contributed by atoms with Gasteiger partial charge in [-0.1, -0.05) is 13.8 Å². The Morgan fingerprint density at radius 1 is 0.760 bits per heavy atom. The van der Waals surface area contributed by atoms with Gasteiger partial charge in [0.2, 0.25) is 0 Å². The monoisotopic (exact) mass is 375 g/mol. The lowest BCUT2D eigenvalue weighted by atomic mass is 10.3. The molecular formula is C18H41N3O3Si. The van der Waals surface area contributed by atoms with Crippen LogP contribution < -0.4 is 0 Å². The van der Waals surface area contributed by atoms with Gasteiger partial charge in [0.1, 0.15) is 0 Å². The van der Waals surface area contributed by atoms with Crippen LogP contribution in [-0.4, -0.2) is 104 Å². The van der Waals surface area contributed by atoms with Crippen molar-refractivity contribution in [2.24, 2.45) is 0 Å². The van der Waals surface area contributed by atoms with Crippen molar-refractivity contribution in [1.29, 1.82) is 0 Å². The lowest BCUT2D eigenvalue weighted by Gasteiger charge is -2.36. The van der Waals surface area contributed by atoms with Crippen LogP contribution in [0.2, 0.25) is 6.04 Å². The van der Waals surface area contributed by atoms with Gasteiger partial charge in [-0.25, -0.2) is 0 Å². The van der Waals surface area contributed by atoms with Crippen LogP contribution in [0, 0.1) is 0 Å². The number of piperazine rings is 1. The van der Waals surface area contributed by atoms with Gasteiger partial charge in [0, 0.05) is 66.6 Å². The molecule has 0 aromatic heterocycles. The summed E-state index contributed by atoms with van der Waals surface area (Å²) in [6, 6.07) is 0.889. The predicted molar refractivity (Wildman–Crippen MR) is 106 cm³/mol. The first-order chi connectivity index (χ1) is 12.1. The molecule has 0 amide bonds. The Morgan fingerprint density at radius 2 is 1.24 bits per heavy atom. The highest BCUT2D eigenvalue weighted by Gasteiger charge is 2.37. The fourth-order valence-electron chi connectivity index (χ4n) is 3.56. The van der Waals surface area contributed by atoms with Crippen LogP contribution in [0.15, 0.2) is 0 Å². The lowest BCUT2D eigenvalue weighted by Crippen LogP contribution is -2.49. The fourth-order valence-corrected chi connectivity index (χ4v) is 5.27. The van der Waals surface area contributed by atoms with E-state index in [4.69, 9.17) is 13.3 Å². The molecule has 1 rings (SSSR count). The zero-order valence-electron chi connectivity index (χ0n) is 17.3. The molecule has 25 heavy (non-hydrogen) atoms. The van der Waals surface area contributed by atoms with E-state index in [1.54, 1.807) is 21.3 Å². The lowest BCUT2D eigenvalue weighted by molar-refractivity contribution is 0.108. The zero-order chi connectivity index (χ0) is 18.5. The third kappa shape index (κ3) is 8.47. The Balaban J connectivity index is 2.21. The minimum Gasteiger partial charge on any atom is -0.377 e. The van der Waals surface area contributed by atoms with E-state index >= 15 is 0 Å². The van der Waals surface area contributed by atoms with E-state index in [0.29, 0.717) is 0 Å². The molecule has 0 atom stereocenters. The Bertz CT molecular complexity index is 310. The molecule has 1 fully saturated rings. The maximum atomic E-state index is 5.50. The Hall–Kier alpha value is -0.0231. The van der Waals surface area contributed by atoms with Gasteiger partial charge in [0.25, 0.3) is 0 Å². The predicted octanol–water partition coefficient (Wildman–Crippen LogP) is 1.99. The molecule has 0 aliphatic carbocycles. The molecule has 1 saturated heterocycles. The molecule has 150 valence electrons. The van der Waals surface area contributed by atoms with E-state index in [-0.39, 0.29) is 0 Å². The van der Waals surface area contributed by atoms with E-state index < -0.39 is 8.80 Å². The van der Waals surface area contributed by atoms with Crippen molar-refractivity contribution in [2.75, 3.05) is 80.2 Å². The second kappa shape index (κ2) is 13.2. The van der Waals surface area contributed by atoms with Crippen molar-refractivity contribution < 1.29 is 13.3 Å². The molecule has 1 aliphatic heterocycles. The summed E-state index contributed by atoms with van der Waals surface area (Å²) < 4.78 is 16.5. The second-order valence-corrected chi connectivity index (χ2v) is 10.0. The summed E-state index contributed by atoms with van der Waals surface area (Å²) in [5.74, 6) is 0. The van der Waals surface area contributed by atoms with E-state index in [0.717, 1.165) is 19.0 Å². The smallest absolute Gasteiger partial charge is 0.377 e. The van der Waals surface area contributed by atoms with Crippen LogP contribution in [0.25, 0.3) is 0 Å². The highest BCUT2D eigenvalue weighted by Crippen LogP contribution is 2.16. The third-order valence-electron chi connectivity index (χ3n) is 5.17. The summed E-state index contributed by atoms with van der Waals surface area (Å²) in [7, 11) is 2.68. The third-order valence-corrected chi connectivity index (χ3v) is 8.00. The summed E-state index contributed by atoms with van der Waals surface area (Å²) in [6.07, 6.45) is 3.58. The maximum Gasteiger partial charge on any atom is 0.500 e. The Kier molecular flexibility index (Phi) is 12.1. The van der Waals surface area contributed by atoms with Gasteiger partial charge >= 0.3 is 8.80 Å². The first-order valence-corrected chi connectivity index (χ1v) is 11.9. The number of hydrogen-bond acceptors (Lipinski definition) is 6. The van der Waals surface area contributed by atoms with Crippen LogP contribution in [0.1, 0.15) is 33.1 Å². The Morgan fingerprint density at radius 3 is 1.68 bits per heavy atom. The number of rotatable bonds is 14. The molecule has 1 aliphatic rings. The van der Waals surface area contributed by atoms with E-state index in [2.05, 4.69) is 28.5 Å². The van der Waals surface area contributed by atoms with E-state index in [9.17, 15) is 0 Å². The van der Waals surface area contributed by atoms with Gasteiger partial charge in [-0.3, -0.25) is 4.90 Å². The molecule has 0 saturated carbocycles. The molecule has 0 aromatic rings. The molecule has 0 radical (unpaired) electrons. The molecular weight excluding hydrogens is 334 g/mol. The van der Waals surface area contributed by atoms with Crippen LogP contribution in [0.4, 0.5) is 0 Å². The molecule has 6 nitrogen and oxygen atoms in total. The normalized spacial score (nSPS) is 17.5. The SMILES string of the molecule is CCCN(CCC)CCN1CCN(CCC[Si](OC)(OC)OC)CC1. The minimum atomic E-state index is -2.40. The minimum absolute atomic E-state index is 0.889. The van der Waals surface area contributed by atoms with Crippen LogP contribution in [0.3, 0.4) is 0 Å². The average Bonchev–Trinajstić information content (AvgIpc) is 2.65. The standard InChI is InChI=1S/C18H41N3O3Si/c1-6-9-19(10-7-2)12-15-21-16-13-20(14-17-21)11-8-18-25(22-3,23-4)24-5/h6-18H2,1-5H3. The molecule has 0 N–H and O–H groups in total. The quantitative estimate of drug-likeness (QED) is 0.432. The highest BCUT2D eigenvalue weighted by molar-refractivity contribution is 6.60. The first kappa shape index (κ1) is 23.0. The second-order valence-electron chi connectivity index (χ2n) is 6.92. The van der Waals surface area contributed by atoms with E-state index in [1.807, 2.05) is 0 Å². The van der Waals surface area contributed by atoms with Gasteiger partial charge in [-0.2, -0.15) is 0 Å². The molecule has 0 bridgehead atoms. The van der Waals surface area contributed by atoms with Crippen LogP contribution >= 0.6 is 0 Å². The number of hydrogen-bond donors (Lipinski definition) is 0. The fraction of sp³-hybridized carbons (Fsp3) is 1.00. The molecule has 0 unspecified atom stereocenters. The Labute approximate surface area is 156 Å². The summed E-state index contributed by atoms with van der Waals surface area (Å²) in [5, 5.41) is 0. The largest absolute Gasteiger partial charge is 0.500 e. The van der Waals surface area contributed by atoms with Crippen molar-refractivity contribution >= 4 is 8.80 Å². The number of nitrogens with zero attached hydrogens (tertiary/aromatic N) is 3. The van der Waals surface area contributed by atoms with E-state index in [1.165, 1.54) is 65.2 Å². The van der Waals surface area contributed by atoms with Gasteiger partial charge in [-0.15, -0.1) is 0 Å². The van der Waals surface area contributed by atoms with Gasteiger partial charge < -0.3 is 23.1 Å². The summed E-state index contributed by atoms with van der Waals surface area (Å²) in [6.45, 7) is 15.3. The molecule has 1 heterocycles. The highest BCUT2D eigenvalue weighted by atomic mass is 28.4. The van der Waals surface area contributed by atoms with Crippen molar-refractivity contribution in [3.8, 4) is 0 Å². The van der Waals surface area contributed by atoms with Gasteiger partial charge in [0.15, 0.2) is 0 Å². The summed E-state index contributed by atoms with van der Waals surface area (Å²) in [4.78, 5) is 7.79. The summed E-state index contributed by atoms with van der Waals surface area (Å²) >= 11 is 0. The zero-order valence-corrected chi connectivity index (χ0v) is 18.3. The average molecular weight is 376 g/mol. The maximum absolute atomic E-state index is 5.50. The topological polar surface area (TPSA) is 37.4 Å². The first-order valence-electron chi connectivity index (χ1n) is 9.95. The van der Waals surface area contributed by atoms with Crippen LogP contribution in [-0.2, 0) is 13.3 Å². The van der Waals surface area contributed by atoms with Gasteiger partial charge in [-0.05, 0) is 38.9 Å². The van der Waals surface area contributed by atoms with Crippen molar-refractivity contribution in [1.82, 2.24) is 14.7 Å². The summed E-state index contributed by atoms with van der Waals surface area (Å²) in [5.41, 5.74) is 0. The molecule has 0 spiro atoms. The van der Waals surface area contributed by atoms with Crippen molar-refractivity contribution in [3.05, 3.63) is 0 Å². The molecule has 0 aromatic carbocycles. The molecule has 7 heteroatoms. The van der Waals surface area contributed by atoms with Gasteiger partial charge in [0.05, 0.1) is 0 Å².